The van der Waals surface area contributed by atoms with Crippen LogP contribution in [0.1, 0.15) is 27.0 Å². The topological polar surface area (TPSA) is 96.9 Å². The molecule has 0 aliphatic carbocycles. The fourth-order valence-electron chi connectivity index (χ4n) is 3.61. The maximum Gasteiger partial charge on any atom is 0.269 e. The lowest BCUT2D eigenvalue weighted by molar-refractivity contribution is -0.907. The van der Waals surface area contributed by atoms with Gasteiger partial charge in [0.05, 0.1) is 17.5 Å². The van der Waals surface area contributed by atoms with Gasteiger partial charge in [-0.15, -0.1) is 0 Å². The molecule has 0 saturated heterocycles. The third-order valence-corrected chi connectivity index (χ3v) is 5.13. The monoisotopic (exact) mass is 416 g/mol. The summed E-state index contributed by atoms with van der Waals surface area (Å²) in [7, 11) is 1.98. The van der Waals surface area contributed by atoms with Crippen molar-refractivity contribution in [2.45, 2.75) is 13.1 Å². The van der Waals surface area contributed by atoms with E-state index in [1.54, 1.807) is 12.1 Å². The predicted octanol–water partition coefficient (Wildman–Crippen LogP) is 2.50. The normalized spacial score (nSPS) is 14.9. The van der Waals surface area contributed by atoms with Crippen molar-refractivity contribution < 1.29 is 24.5 Å². The van der Waals surface area contributed by atoms with Gasteiger partial charge in [-0.1, -0.05) is 42.1 Å². The number of nitrogens with zero attached hydrogens (tertiary/aromatic N) is 1. The van der Waals surface area contributed by atoms with Crippen molar-refractivity contribution in [1.82, 2.24) is 0 Å². The molecule has 1 N–H and O–H groups in total. The van der Waals surface area contributed by atoms with E-state index >= 15 is 0 Å². The molecule has 0 fully saturated rings. The number of fused-ring (bicyclic) bond motifs is 1. The van der Waals surface area contributed by atoms with Crippen LogP contribution in [0.3, 0.4) is 0 Å². The number of Topliss-reactive ketones (excluding diaryl/α,β-unsaturated/α-hetero) is 1. The van der Waals surface area contributed by atoms with Crippen LogP contribution in [-0.4, -0.2) is 17.8 Å². The number of ether oxygens (including phenoxy) is 1. The van der Waals surface area contributed by atoms with Gasteiger partial charge in [0.2, 0.25) is 5.78 Å². The molecule has 0 radical (unpaired) electrons. The second kappa shape index (κ2) is 8.41. The minimum atomic E-state index is -0.486. The van der Waals surface area contributed by atoms with Gasteiger partial charge < -0.3 is 14.7 Å². The zero-order valence-corrected chi connectivity index (χ0v) is 16.8. The average molecular weight is 416 g/mol. The molecule has 0 spiro atoms. The van der Waals surface area contributed by atoms with Crippen molar-refractivity contribution in [3.63, 3.8) is 0 Å². The number of carbonyl (C=O) groups is 1. The van der Waals surface area contributed by atoms with Crippen LogP contribution in [0.5, 0.6) is 11.5 Å². The number of benzene rings is 3. The third-order valence-electron chi connectivity index (χ3n) is 5.13. The van der Waals surface area contributed by atoms with Crippen LogP contribution in [-0.2, 0) is 13.1 Å². The highest BCUT2D eigenvalue weighted by Crippen LogP contribution is 2.38. The third kappa shape index (κ3) is 4.31. The molecule has 1 aliphatic heterocycles. The largest absolute Gasteiger partial charge is 0.872 e. The molecule has 31 heavy (non-hydrogen) atoms. The van der Waals surface area contributed by atoms with Crippen molar-refractivity contribution >= 4 is 17.5 Å². The van der Waals surface area contributed by atoms with Gasteiger partial charge in [0, 0.05) is 23.3 Å². The maximum atomic E-state index is 12.8. The Morgan fingerprint density at radius 2 is 1.71 bits per heavy atom. The molecule has 7 nitrogen and oxygen atoms in total. The molecule has 3 aromatic rings. The first-order chi connectivity index (χ1) is 14.9. The van der Waals surface area contributed by atoms with Gasteiger partial charge >= 0.3 is 0 Å². The van der Waals surface area contributed by atoms with E-state index in [2.05, 4.69) is 0 Å². The zero-order valence-electron chi connectivity index (χ0n) is 16.8. The number of ketones is 1. The lowest BCUT2D eigenvalue weighted by Crippen LogP contribution is -3.06. The number of quaternary nitrogens is 1. The minimum Gasteiger partial charge on any atom is -0.872 e. The van der Waals surface area contributed by atoms with Gasteiger partial charge in [0.25, 0.3) is 5.69 Å². The highest BCUT2D eigenvalue weighted by molar-refractivity contribution is 6.14. The number of non-ortho nitro benzene ring substituents is 1. The van der Waals surface area contributed by atoms with E-state index in [0.717, 1.165) is 17.0 Å². The highest BCUT2D eigenvalue weighted by Gasteiger charge is 2.30. The molecular formula is C24H20N2O5. The molecule has 0 bridgehead atoms. The summed E-state index contributed by atoms with van der Waals surface area (Å²) in [6.07, 6.45) is 1.53. The van der Waals surface area contributed by atoms with Gasteiger partial charge in [-0.05, 0) is 29.8 Å². The summed E-state index contributed by atoms with van der Waals surface area (Å²) < 4.78 is 5.83. The molecule has 1 aliphatic rings. The predicted molar refractivity (Wildman–Crippen MR) is 113 cm³/mol. The van der Waals surface area contributed by atoms with Gasteiger partial charge in [-0.3, -0.25) is 14.9 Å². The lowest BCUT2D eigenvalue weighted by atomic mass is 10.0. The molecule has 1 heterocycles. The van der Waals surface area contributed by atoms with Crippen molar-refractivity contribution in [2.75, 3.05) is 7.05 Å². The molecule has 4 rings (SSSR count). The Bertz CT molecular complexity index is 1170. The first kappa shape index (κ1) is 20.3. The quantitative estimate of drug-likeness (QED) is 0.378. The zero-order chi connectivity index (χ0) is 22.0. The van der Waals surface area contributed by atoms with Crippen molar-refractivity contribution in [1.29, 1.82) is 0 Å². The van der Waals surface area contributed by atoms with Gasteiger partial charge in [-0.2, -0.15) is 0 Å². The number of allylic oxidation sites excluding steroid dienone is 1. The molecule has 0 saturated carbocycles. The van der Waals surface area contributed by atoms with Crippen molar-refractivity contribution in [2.24, 2.45) is 0 Å². The van der Waals surface area contributed by atoms with Crippen LogP contribution in [0.15, 0.2) is 72.5 Å². The first-order valence-electron chi connectivity index (χ1n) is 9.79. The van der Waals surface area contributed by atoms with Crippen LogP contribution in [0.2, 0.25) is 0 Å². The number of nitro benzene ring substituents is 1. The Kier molecular flexibility index (Phi) is 5.51. The van der Waals surface area contributed by atoms with Gasteiger partial charge in [0.15, 0.2) is 5.76 Å². The second-order valence-electron chi connectivity index (χ2n) is 7.50. The van der Waals surface area contributed by atoms with Crippen LogP contribution < -0.4 is 14.7 Å². The Labute approximate surface area is 179 Å². The minimum absolute atomic E-state index is 0.0354. The fourth-order valence-corrected chi connectivity index (χ4v) is 3.61. The number of nitro groups is 1. The summed E-state index contributed by atoms with van der Waals surface area (Å²) in [6, 6.07) is 18.7. The average Bonchev–Trinajstić information content (AvgIpc) is 3.07. The standard InChI is InChI=1S/C24H20N2O5/c1-25(14-17-5-3-2-4-6-17)15-20-21(27)12-11-19-23(28)22(31-24(19)20)13-16-7-9-18(10-8-16)26(29)30/h2-13,27H,14-15H2,1H3/b22-13-. The smallest absolute Gasteiger partial charge is 0.269 e. The molecule has 156 valence electrons. The Hall–Kier alpha value is -3.97. The van der Waals surface area contributed by atoms with E-state index in [1.807, 2.05) is 37.4 Å². The second-order valence-corrected chi connectivity index (χ2v) is 7.50. The van der Waals surface area contributed by atoms with Crippen LogP contribution in [0.4, 0.5) is 5.69 Å². The van der Waals surface area contributed by atoms with Crippen LogP contribution in [0.25, 0.3) is 6.08 Å². The summed E-state index contributed by atoms with van der Waals surface area (Å²) in [5.41, 5.74) is 2.53. The molecule has 1 atom stereocenters. The number of carbonyl (C=O) groups excluding carboxylic acids is 1. The van der Waals surface area contributed by atoms with E-state index in [9.17, 15) is 20.0 Å². The molecule has 3 aromatic carbocycles. The van der Waals surface area contributed by atoms with E-state index in [1.165, 1.54) is 30.3 Å². The fraction of sp³-hybridized carbons (Fsp3) is 0.125. The van der Waals surface area contributed by atoms with Crippen LogP contribution in [0, 0.1) is 10.1 Å². The van der Waals surface area contributed by atoms with Crippen LogP contribution >= 0.6 is 0 Å². The van der Waals surface area contributed by atoms with Crippen molar-refractivity contribution in [3.05, 3.63) is 105 Å². The number of hydrogen-bond acceptors (Lipinski definition) is 5. The van der Waals surface area contributed by atoms with E-state index in [-0.39, 0.29) is 23.0 Å². The summed E-state index contributed by atoms with van der Waals surface area (Å²) in [4.78, 5) is 24.2. The Morgan fingerprint density at radius 1 is 1.00 bits per heavy atom. The van der Waals surface area contributed by atoms with Crippen molar-refractivity contribution in [3.8, 4) is 11.5 Å². The van der Waals surface area contributed by atoms with E-state index in [0.29, 0.717) is 29.0 Å². The van der Waals surface area contributed by atoms with Gasteiger partial charge in [0.1, 0.15) is 18.8 Å². The Balaban J connectivity index is 1.58. The number of hydrogen-bond donors (Lipinski definition) is 1. The first-order valence-corrected chi connectivity index (χ1v) is 9.79. The molecule has 0 amide bonds. The van der Waals surface area contributed by atoms with Gasteiger partial charge in [-0.25, -0.2) is 0 Å². The molecule has 1 unspecified atom stereocenters. The van der Waals surface area contributed by atoms with E-state index < -0.39 is 4.92 Å². The SMILES string of the molecule is C[NH+](Cc1ccccc1)Cc1c([O-])ccc2c1O/C(=C\c1ccc([N+](=O)[O-])cc1)C2=O. The Morgan fingerprint density at radius 3 is 2.39 bits per heavy atom. The molecule has 0 aromatic heterocycles. The summed E-state index contributed by atoms with van der Waals surface area (Å²) in [5.74, 6) is -0.0830. The number of rotatable bonds is 6. The molecular weight excluding hydrogens is 396 g/mol. The summed E-state index contributed by atoms with van der Waals surface area (Å²) in [6.45, 7) is 1.14. The van der Waals surface area contributed by atoms with E-state index in [4.69, 9.17) is 4.74 Å². The summed E-state index contributed by atoms with van der Waals surface area (Å²) >= 11 is 0. The maximum absolute atomic E-state index is 12.8. The number of nitrogens with one attached hydrogen (secondary N) is 1. The molecule has 7 heteroatoms. The lowest BCUT2D eigenvalue weighted by Gasteiger charge is -2.20. The summed E-state index contributed by atoms with van der Waals surface area (Å²) in [5, 5.41) is 23.4. The highest BCUT2D eigenvalue weighted by atomic mass is 16.6.